The van der Waals surface area contributed by atoms with Gasteiger partial charge in [-0.15, -0.1) is 0 Å². The summed E-state index contributed by atoms with van der Waals surface area (Å²) in [4.78, 5) is 12.1. The van der Waals surface area contributed by atoms with Crippen LogP contribution in [-0.2, 0) is 0 Å². The van der Waals surface area contributed by atoms with Gasteiger partial charge in [0.25, 0.3) is 0 Å². The van der Waals surface area contributed by atoms with Crippen molar-refractivity contribution in [2.75, 3.05) is 5.73 Å². The Bertz CT molecular complexity index is 529. The number of hydrogen-bond acceptors (Lipinski definition) is 5. The normalized spacial score (nSPS) is 9.53. The summed E-state index contributed by atoms with van der Waals surface area (Å²) < 4.78 is 0. The van der Waals surface area contributed by atoms with Crippen LogP contribution in [0.15, 0.2) is 30.5 Å². The van der Waals surface area contributed by atoms with E-state index in [9.17, 15) is 0 Å². The van der Waals surface area contributed by atoms with E-state index in [-0.39, 0.29) is 0 Å². The maximum atomic E-state index is 8.69. The monoisotopic (exact) mass is 197 g/mol. The van der Waals surface area contributed by atoms with Crippen molar-refractivity contribution < 1.29 is 0 Å². The molecule has 2 aromatic heterocycles. The number of anilines is 1. The second-order valence-electron chi connectivity index (χ2n) is 2.82. The van der Waals surface area contributed by atoms with Gasteiger partial charge in [-0.3, -0.25) is 0 Å². The number of pyridine rings is 1. The molecule has 5 heteroatoms. The van der Waals surface area contributed by atoms with Gasteiger partial charge in [-0.05, 0) is 18.2 Å². The van der Waals surface area contributed by atoms with Crippen molar-refractivity contribution in [3.8, 4) is 17.6 Å². The molecule has 2 aromatic rings. The van der Waals surface area contributed by atoms with Crippen LogP contribution in [0.4, 0.5) is 5.82 Å². The lowest BCUT2D eigenvalue weighted by atomic mass is 10.3. The van der Waals surface area contributed by atoms with Crippen molar-refractivity contribution in [3.05, 3.63) is 36.2 Å². The van der Waals surface area contributed by atoms with Crippen LogP contribution in [0.25, 0.3) is 11.5 Å². The first-order chi connectivity index (χ1) is 7.29. The van der Waals surface area contributed by atoms with Crippen LogP contribution in [0.5, 0.6) is 0 Å². The van der Waals surface area contributed by atoms with Crippen LogP contribution in [0.2, 0.25) is 0 Å². The quantitative estimate of drug-likeness (QED) is 0.736. The fraction of sp³-hybridized carbons (Fsp3) is 0. The Morgan fingerprint density at radius 2 is 2.07 bits per heavy atom. The minimum absolute atomic E-state index is 0.332. The maximum absolute atomic E-state index is 8.69. The van der Waals surface area contributed by atoms with E-state index < -0.39 is 0 Å². The van der Waals surface area contributed by atoms with Gasteiger partial charge in [-0.2, -0.15) is 5.26 Å². The van der Waals surface area contributed by atoms with Gasteiger partial charge in [0, 0.05) is 6.20 Å². The second-order valence-corrected chi connectivity index (χ2v) is 2.82. The Morgan fingerprint density at radius 1 is 1.20 bits per heavy atom. The Balaban J connectivity index is 2.50. The van der Waals surface area contributed by atoms with Gasteiger partial charge in [0.05, 0.1) is 0 Å². The van der Waals surface area contributed by atoms with Crippen molar-refractivity contribution in [1.29, 1.82) is 5.26 Å². The molecule has 0 fully saturated rings. The molecule has 2 rings (SSSR count). The average Bonchev–Trinajstić information content (AvgIpc) is 2.29. The number of aromatic nitrogens is 3. The minimum atomic E-state index is 0.332. The third-order valence-electron chi connectivity index (χ3n) is 1.77. The first-order valence-corrected chi connectivity index (χ1v) is 4.25. The first-order valence-electron chi connectivity index (χ1n) is 4.25. The summed E-state index contributed by atoms with van der Waals surface area (Å²) in [7, 11) is 0. The average molecular weight is 197 g/mol. The zero-order valence-corrected chi connectivity index (χ0v) is 7.75. The zero-order valence-electron chi connectivity index (χ0n) is 7.75. The van der Waals surface area contributed by atoms with Crippen LogP contribution < -0.4 is 5.73 Å². The van der Waals surface area contributed by atoms with Crippen LogP contribution in [0.1, 0.15) is 5.69 Å². The molecule has 15 heavy (non-hydrogen) atoms. The van der Waals surface area contributed by atoms with E-state index >= 15 is 0 Å². The van der Waals surface area contributed by atoms with Gasteiger partial charge in [0.1, 0.15) is 23.3 Å². The molecule has 0 aliphatic carbocycles. The van der Waals surface area contributed by atoms with Crippen LogP contribution >= 0.6 is 0 Å². The molecule has 0 unspecified atom stereocenters. The smallest absolute Gasteiger partial charge is 0.180 e. The molecule has 2 heterocycles. The Kier molecular flexibility index (Phi) is 2.25. The number of nitrogen functional groups attached to an aromatic ring is 1. The molecule has 0 saturated carbocycles. The first kappa shape index (κ1) is 9.09. The molecule has 0 radical (unpaired) electrons. The molecule has 0 bridgehead atoms. The van der Waals surface area contributed by atoms with Crippen molar-refractivity contribution in [2.24, 2.45) is 0 Å². The standard InChI is InChI=1S/C10H7N5/c11-6-7-2-1-3-8(14-7)10-13-5-4-9(12)15-10/h1-5H,(H2,12,13,15). The number of nitrogens with zero attached hydrogens (tertiary/aromatic N) is 4. The summed E-state index contributed by atoms with van der Waals surface area (Å²) in [5, 5.41) is 8.69. The van der Waals surface area contributed by atoms with E-state index in [2.05, 4.69) is 15.0 Å². The largest absolute Gasteiger partial charge is 0.384 e. The van der Waals surface area contributed by atoms with Gasteiger partial charge in [0.2, 0.25) is 0 Å². The van der Waals surface area contributed by atoms with E-state index in [0.29, 0.717) is 23.0 Å². The highest BCUT2D eigenvalue weighted by Crippen LogP contribution is 2.12. The Morgan fingerprint density at radius 3 is 2.80 bits per heavy atom. The fourth-order valence-electron chi connectivity index (χ4n) is 1.12. The molecular weight excluding hydrogens is 190 g/mol. The molecule has 0 saturated heterocycles. The van der Waals surface area contributed by atoms with Crippen molar-refractivity contribution in [1.82, 2.24) is 15.0 Å². The third kappa shape index (κ3) is 1.89. The summed E-state index contributed by atoms with van der Waals surface area (Å²) in [5.74, 6) is 0.802. The predicted octanol–water partition coefficient (Wildman–Crippen LogP) is 0.992. The maximum Gasteiger partial charge on any atom is 0.180 e. The number of nitriles is 1. The zero-order chi connectivity index (χ0) is 10.7. The summed E-state index contributed by atoms with van der Waals surface area (Å²) >= 11 is 0. The van der Waals surface area contributed by atoms with Gasteiger partial charge < -0.3 is 5.73 Å². The van der Waals surface area contributed by atoms with E-state index in [1.165, 1.54) is 0 Å². The highest BCUT2D eigenvalue weighted by atomic mass is 15.0. The highest BCUT2D eigenvalue weighted by Gasteiger charge is 2.03. The summed E-state index contributed by atoms with van der Waals surface area (Å²) in [6.45, 7) is 0. The minimum Gasteiger partial charge on any atom is -0.384 e. The van der Waals surface area contributed by atoms with Crippen molar-refractivity contribution in [3.63, 3.8) is 0 Å². The molecule has 72 valence electrons. The SMILES string of the molecule is N#Cc1cccc(-c2nccc(N)n2)n1. The van der Waals surface area contributed by atoms with E-state index in [1.807, 2.05) is 6.07 Å². The summed E-state index contributed by atoms with van der Waals surface area (Å²) in [6.07, 6.45) is 1.55. The molecular formula is C10H7N5. The second kappa shape index (κ2) is 3.72. The van der Waals surface area contributed by atoms with Gasteiger partial charge in [-0.25, -0.2) is 15.0 Å². The van der Waals surface area contributed by atoms with Gasteiger partial charge >= 0.3 is 0 Å². The van der Waals surface area contributed by atoms with Crippen LogP contribution in [0.3, 0.4) is 0 Å². The molecule has 0 atom stereocenters. The number of rotatable bonds is 1. The molecule has 2 N–H and O–H groups in total. The summed E-state index contributed by atoms with van der Waals surface area (Å²) in [6, 6.07) is 8.63. The van der Waals surface area contributed by atoms with Crippen LogP contribution in [0, 0.1) is 11.3 Å². The Labute approximate surface area is 86.2 Å². The van der Waals surface area contributed by atoms with Crippen molar-refractivity contribution in [2.45, 2.75) is 0 Å². The molecule has 0 aromatic carbocycles. The van der Waals surface area contributed by atoms with Gasteiger partial charge in [0.15, 0.2) is 5.82 Å². The molecule has 0 aliphatic heterocycles. The highest BCUT2D eigenvalue weighted by molar-refractivity contribution is 5.52. The molecule has 0 spiro atoms. The van der Waals surface area contributed by atoms with E-state index in [1.54, 1.807) is 30.5 Å². The lowest BCUT2D eigenvalue weighted by Gasteiger charge is -1.99. The van der Waals surface area contributed by atoms with Crippen LogP contribution in [-0.4, -0.2) is 15.0 Å². The third-order valence-corrected chi connectivity index (χ3v) is 1.77. The molecule has 0 aliphatic rings. The molecule has 5 nitrogen and oxygen atoms in total. The number of nitrogens with two attached hydrogens (primary N) is 1. The van der Waals surface area contributed by atoms with Gasteiger partial charge in [-0.1, -0.05) is 6.07 Å². The van der Waals surface area contributed by atoms with E-state index in [0.717, 1.165) is 0 Å². The summed E-state index contributed by atoms with van der Waals surface area (Å²) in [5.41, 5.74) is 6.40. The fourth-order valence-corrected chi connectivity index (χ4v) is 1.12. The predicted molar refractivity (Wildman–Crippen MR) is 54.4 cm³/mol. The number of hydrogen-bond donors (Lipinski definition) is 1. The molecule has 0 amide bonds. The Hall–Kier alpha value is -2.48. The topological polar surface area (TPSA) is 88.5 Å². The van der Waals surface area contributed by atoms with E-state index in [4.69, 9.17) is 11.0 Å². The lowest BCUT2D eigenvalue weighted by Crippen LogP contribution is -1.96. The van der Waals surface area contributed by atoms with Crippen molar-refractivity contribution >= 4 is 5.82 Å². The lowest BCUT2D eigenvalue weighted by molar-refractivity contribution is 1.14.